The Kier molecular flexibility index (Phi) is 7.36. The van der Waals surface area contributed by atoms with Crippen LogP contribution in [-0.2, 0) is 8.85 Å². The fourth-order valence-electron chi connectivity index (χ4n) is 2.56. The Morgan fingerprint density at radius 2 is 1.48 bits per heavy atom. The van der Waals surface area contributed by atoms with Gasteiger partial charge in [0.05, 0.1) is 18.8 Å². The summed E-state index contributed by atoms with van der Waals surface area (Å²) in [6, 6.07) is 0.618. The van der Waals surface area contributed by atoms with Crippen molar-refractivity contribution < 1.29 is 8.85 Å². The normalized spacial score (nSPS) is 26.6. The van der Waals surface area contributed by atoms with Crippen LogP contribution in [0.15, 0.2) is 12.7 Å². The zero-order valence-electron chi connectivity index (χ0n) is 18.5. The lowest BCUT2D eigenvalue weighted by atomic mass is 9.96. The third kappa shape index (κ3) is 6.03. The van der Waals surface area contributed by atoms with Crippen molar-refractivity contribution in [2.45, 2.75) is 109 Å². The summed E-state index contributed by atoms with van der Waals surface area (Å²) < 4.78 is 13.3. The Labute approximate surface area is 159 Å². The monoisotopic (exact) mass is 385 g/mol. The van der Waals surface area contributed by atoms with Gasteiger partial charge in [-0.3, -0.25) is 0 Å². The highest BCUT2D eigenvalue weighted by Crippen LogP contribution is 2.40. The smallest absolute Gasteiger partial charge is 0.192 e. The van der Waals surface area contributed by atoms with Crippen LogP contribution in [0.1, 0.15) is 54.4 Å². The molecule has 1 fully saturated rings. The second kappa shape index (κ2) is 7.97. The second-order valence-electron chi connectivity index (χ2n) is 10.7. The predicted molar refractivity (Wildman–Crippen MR) is 115 cm³/mol. The third-order valence-electron chi connectivity index (χ3n) is 6.61. The molecule has 1 aliphatic heterocycles. The van der Waals surface area contributed by atoms with Crippen molar-refractivity contribution in [3.63, 3.8) is 0 Å². The van der Waals surface area contributed by atoms with Gasteiger partial charge in [0.1, 0.15) is 0 Å². The third-order valence-corrected chi connectivity index (χ3v) is 15.6. The summed E-state index contributed by atoms with van der Waals surface area (Å²) in [4.78, 5) is 0. The first-order chi connectivity index (χ1) is 11.1. The molecule has 0 aromatic carbocycles. The van der Waals surface area contributed by atoms with Crippen LogP contribution in [0.3, 0.4) is 0 Å². The van der Waals surface area contributed by atoms with Crippen molar-refractivity contribution in [3.05, 3.63) is 12.7 Å². The molecule has 1 N–H and O–H groups in total. The molecule has 0 aliphatic carbocycles. The quantitative estimate of drug-likeness (QED) is 0.469. The molecule has 148 valence electrons. The maximum atomic E-state index is 6.78. The predicted octanol–water partition coefficient (Wildman–Crippen LogP) is 5.71. The van der Waals surface area contributed by atoms with E-state index in [0.29, 0.717) is 6.04 Å². The topological polar surface area (TPSA) is 30.5 Å². The van der Waals surface area contributed by atoms with Gasteiger partial charge in [0.2, 0.25) is 0 Å². The highest BCUT2D eigenvalue weighted by atomic mass is 28.4. The van der Waals surface area contributed by atoms with E-state index in [-0.39, 0.29) is 22.2 Å². The lowest BCUT2D eigenvalue weighted by Gasteiger charge is -2.45. The first kappa shape index (κ1) is 23.1. The largest absolute Gasteiger partial charge is 0.415 e. The fourth-order valence-corrected chi connectivity index (χ4v) is 4.98. The molecule has 0 aromatic rings. The molecule has 1 aliphatic rings. The summed E-state index contributed by atoms with van der Waals surface area (Å²) in [7, 11) is -3.54. The van der Waals surface area contributed by atoms with Gasteiger partial charge in [0.15, 0.2) is 16.6 Å². The summed E-state index contributed by atoms with van der Waals surface area (Å²) >= 11 is 0. The maximum Gasteiger partial charge on any atom is 0.192 e. The molecule has 1 heterocycles. The van der Waals surface area contributed by atoms with Gasteiger partial charge in [-0.25, -0.2) is 0 Å². The number of hydrogen-bond donors (Lipinski definition) is 1. The molecule has 25 heavy (non-hydrogen) atoms. The summed E-state index contributed by atoms with van der Waals surface area (Å²) in [5, 5.41) is 4.19. The van der Waals surface area contributed by atoms with E-state index in [1.54, 1.807) is 0 Å². The highest BCUT2D eigenvalue weighted by molar-refractivity contribution is 6.74. The van der Waals surface area contributed by atoms with Crippen LogP contribution in [0.5, 0.6) is 0 Å². The Morgan fingerprint density at radius 1 is 0.960 bits per heavy atom. The zero-order valence-corrected chi connectivity index (χ0v) is 20.5. The SMILES string of the molecule is C=C[C@H]1CC[C@H](O[Si](C)(C)C(C)(C)C)[C@@H](CO[Si](C)(C)C(C)(C)C)N1. The second-order valence-corrected chi connectivity index (χ2v) is 20.2. The molecule has 1 saturated heterocycles. The minimum absolute atomic E-state index is 0.229. The summed E-state index contributed by atoms with van der Waals surface area (Å²) in [6.07, 6.45) is 4.45. The van der Waals surface area contributed by atoms with Gasteiger partial charge in [-0.2, -0.15) is 0 Å². The van der Waals surface area contributed by atoms with Gasteiger partial charge in [-0.1, -0.05) is 47.6 Å². The van der Waals surface area contributed by atoms with Crippen LogP contribution in [0.2, 0.25) is 36.3 Å². The molecule has 0 spiro atoms. The minimum Gasteiger partial charge on any atom is -0.415 e. The molecule has 0 unspecified atom stereocenters. The van der Waals surface area contributed by atoms with Crippen LogP contribution in [0.25, 0.3) is 0 Å². The first-order valence-electron chi connectivity index (χ1n) is 9.81. The summed E-state index contributed by atoms with van der Waals surface area (Å²) in [6.45, 7) is 27.9. The minimum atomic E-state index is -1.79. The summed E-state index contributed by atoms with van der Waals surface area (Å²) in [5.74, 6) is 0. The van der Waals surface area contributed by atoms with Gasteiger partial charge in [0, 0.05) is 6.04 Å². The van der Waals surface area contributed by atoms with Crippen molar-refractivity contribution in [2.75, 3.05) is 6.61 Å². The highest BCUT2D eigenvalue weighted by Gasteiger charge is 2.43. The number of piperidine rings is 1. The number of nitrogens with one attached hydrogen (secondary N) is 1. The lowest BCUT2D eigenvalue weighted by Crippen LogP contribution is -2.58. The average molecular weight is 386 g/mol. The zero-order chi connectivity index (χ0) is 19.7. The number of hydrogen-bond acceptors (Lipinski definition) is 3. The molecule has 0 bridgehead atoms. The van der Waals surface area contributed by atoms with Crippen LogP contribution >= 0.6 is 0 Å². The molecule has 0 radical (unpaired) electrons. The standard InChI is InChI=1S/C20H43NO2Si2/c1-12-16-13-14-18(23-25(10,11)20(5,6)7)17(21-16)15-22-24(8,9)19(2,3)4/h12,16-18,21H,1,13-15H2,2-11H3/t16-,17+,18-/m0/s1. The van der Waals surface area contributed by atoms with Gasteiger partial charge in [-0.05, 0) is 49.1 Å². The first-order valence-corrected chi connectivity index (χ1v) is 15.6. The Balaban J connectivity index is 2.87. The van der Waals surface area contributed by atoms with Gasteiger partial charge in [0.25, 0.3) is 0 Å². The van der Waals surface area contributed by atoms with Crippen molar-refractivity contribution >= 4 is 16.6 Å². The van der Waals surface area contributed by atoms with E-state index in [1.165, 1.54) is 0 Å². The lowest BCUT2D eigenvalue weighted by molar-refractivity contribution is 0.0664. The van der Waals surface area contributed by atoms with E-state index in [2.05, 4.69) is 79.6 Å². The Morgan fingerprint density at radius 3 is 1.92 bits per heavy atom. The molecule has 3 nitrogen and oxygen atoms in total. The van der Waals surface area contributed by atoms with Crippen LogP contribution in [0, 0.1) is 0 Å². The Bertz CT molecular complexity index is 450. The molecular formula is C20H43NO2Si2. The Hall–Kier alpha value is 0.0538. The van der Waals surface area contributed by atoms with Gasteiger partial charge >= 0.3 is 0 Å². The molecule has 0 aromatic heterocycles. The van der Waals surface area contributed by atoms with E-state index in [1.807, 2.05) is 6.08 Å². The van der Waals surface area contributed by atoms with E-state index in [0.717, 1.165) is 19.4 Å². The number of rotatable bonds is 6. The molecule has 5 heteroatoms. The van der Waals surface area contributed by atoms with Crippen LogP contribution < -0.4 is 5.32 Å². The fraction of sp³-hybridized carbons (Fsp3) is 0.900. The summed E-state index contributed by atoms with van der Waals surface area (Å²) in [5.41, 5.74) is 0. The van der Waals surface area contributed by atoms with Crippen molar-refractivity contribution in [3.8, 4) is 0 Å². The van der Waals surface area contributed by atoms with E-state index < -0.39 is 16.6 Å². The van der Waals surface area contributed by atoms with Crippen molar-refractivity contribution in [1.29, 1.82) is 0 Å². The van der Waals surface area contributed by atoms with Crippen LogP contribution in [0.4, 0.5) is 0 Å². The van der Waals surface area contributed by atoms with Crippen LogP contribution in [-0.4, -0.2) is 41.4 Å². The molecule has 1 rings (SSSR count). The van der Waals surface area contributed by atoms with E-state index in [4.69, 9.17) is 8.85 Å². The molecule has 3 atom stereocenters. The van der Waals surface area contributed by atoms with E-state index >= 15 is 0 Å². The maximum absolute atomic E-state index is 6.78. The van der Waals surface area contributed by atoms with Crippen molar-refractivity contribution in [1.82, 2.24) is 5.32 Å². The average Bonchev–Trinajstić information content (AvgIpc) is 2.43. The van der Waals surface area contributed by atoms with E-state index in [9.17, 15) is 0 Å². The van der Waals surface area contributed by atoms with Crippen molar-refractivity contribution in [2.24, 2.45) is 0 Å². The van der Waals surface area contributed by atoms with Gasteiger partial charge < -0.3 is 14.2 Å². The molecular weight excluding hydrogens is 342 g/mol. The molecule has 0 saturated carbocycles. The molecule has 0 amide bonds. The van der Waals surface area contributed by atoms with Gasteiger partial charge in [-0.15, -0.1) is 6.58 Å².